The summed E-state index contributed by atoms with van der Waals surface area (Å²) < 4.78 is 0. The number of hydrogen-bond donors (Lipinski definition) is 3. The average Bonchev–Trinajstić information content (AvgIpc) is 1.99. The zero-order valence-electron chi connectivity index (χ0n) is 6.76. The van der Waals surface area contributed by atoms with Crippen LogP contribution in [0.15, 0.2) is 0 Å². The molecule has 0 aromatic heterocycles. The maximum Gasteiger partial charge on any atom is 0.237 e. The lowest BCUT2D eigenvalue weighted by atomic mass is 10.3. The smallest absolute Gasteiger partial charge is 0.237 e. The van der Waals surface area contributed by atoms with Gasteiger partial charge in [-0.25, -0.2) is 0 Å². The third kappa shape index (κ3) is 5.35. The van der Waals surface area contributed by atoms with Crippen LogP contribution >= 0.6 is 25.0 Å². The van der Waals surface area contributed by atoms with Gasteiger partial charge in [0.25, 0.3) is 0 Å². The molecular formula is C6H15ClN2OS. The summed E-state index contributed by atoms with van der Waals surface area (Å²) in [5, 5.41) is 5.54. The minimum atomic E-state index is -0.154. The van der Waals surface area contributed by atoms with Gasteiger partial charge in [-0.05, 0) is 6.54 Å². The quantitative estimate of drug-likeness (QED) is 0.560. The van der Waals surface area contributed by atoms with Crippen molar-refractivity contribution in [3.05, 3.63) is 0 Å². The van der Waals surface area contributed by atoms with Crippen molar-refractivity contribution in [1.29, 1.82) is 0 Å². The summed E-state index contributed by atoms with van der Waals surface area (Å²) in [6.45, 7) is 2.75. The summed E-state index contributed by atoms with van der Waals surface area (Å²) in [7, 11) is 1.62. The van der Waals surface area contributed by atoms with Crippen molar-refractivity contribution >= 4 is 30.9 Å². The SMILES string of the molecule is CCN[C@@H](CS)C(=O)NC.Cl. The van der Waals surface area contributed by atoms with Crippen LogP contribution in [0.25, 0.3) is 0 Å². The van der Waals surface area contributed by atoms with Crippen molar-refractivity contribution in [1.82, 2.24) is 10.6 Å². The number of carbonyl (C=O) groups is 1. The van der Waals surface area contributed by atoms with E-state index in [1.54, 1.807) is 7.05 Å². The highest BCUT2D eigenvalue weighted by molar-refractivity contribution is 7.80. The van der Waals surface area contributed by atoms with Crippen molar-refractivity contribution in [3.8, 4) is 0 Å². The minimum Gasteiger partial charge on any atom is -0.358 e. The third-order valence-corrected chi connectivity index (χ3v) is 1.56. The van der Waals surface area contributed by atoms with Crippen LogP contribution in [0.5, 0.6) is 0 Å². The van der Waals surface area contributed by atoms with E-state index in [1.807, 2.05) is 6.92 Å². The maximum absolute atomic E-state index is 10.9. The number of thiol groups is 1. The molecule has 0 bridgehead atoms. The molecule has 68 valence electrons. The molecule has 0 unspecified atom stereocenters. The van der Waals surface area contributed by atoms with Crippen LogP contribution in [-0.4, -0.2) is 31.3 Å². The van der Waals surface area contributed by atoms with Crippen LogP contribution in [0.3, 0.4) is 0 Å². The van der Waals surface area contributed by atoms with Gasteiger partial charge in [0.1, 0.15) is 0 Å². The Morgan fingerprint density at radius 2 is 2.18 bits per heavy atom. The summed E-state index contributed by atoms with van der Waals surface area (Å²) >= 11 is 4.02. The molecule has 1 atom stereocenters. The van der Waals surface area contributed by atoms with Crippen molar-refractivity contribution in [3.63, 3.8) is 0 Å². The van der Waals surface area contributed by atoms with E-state index in [0.29, 0.717) is 5.75 Å². The number of carbonyl (C=O) groups excluding carboxylic acids is 1. The van der Waals surface area contributed by atoms with Crippen molar-refractivity contribution in [2.45, 2.75) is 13.0 Å². The lowest BCUT2D eigenvalue weighted by molar-refractivity contribution is -0.122. The largest absolute Gasteiger partial charge is 0.358 e. The van der Waals surface area contributed by atoms with E-state index in [0.717, 1.165) is 6.54 Å². The molecule has 0 aliphatic heterocycles. The predicted molar refractivity (Wildman–Crippen MR) is 52.6 cm³/mol. The van der Waals surface area contributed by atoms with E-state index in [-0.39, 0.29) is 24.4 Å². The van der Waals surface area contributed by atoms with Crippen LogP contribution in [0.2, 0.25) is 0 Å². The fourth-order valence-corrected chi connectivity index (χ4v) is 0.956. The Kier molecular flexibility index (Phi) is 10.1. The van der Waals surface area contributed by atoms with Gasteiger partial charge in [0.2, 0.25) is 5.91 Å². The maximum atomic E-state index is 10.9. The molecule has 0 aliphatic rings. The molecule has 0 heterocycles. The molecule has 11 heavy (non-hydrogen) atoms. The zero-order chi connectivity index (χ0) is 7.98. The highest BCUT2D eigenvalue weighted by Gasteiger charge is 2.12. The van der Waals surface area contributed by atoms with Crippen molar-refractivity contribution in [2.24, 2.45) is 0 Å². The first kappa shape index (κ1) is 13.6. The Hall–Kier alpha value is 0.0700. The standard InChI is InChI=1S/C6H14N2OS.ClH/c1-3-8-5(4-10)6(9)7-2;/h5,8,10H,3-4H2,1-2H3,(H,7,9);1H/t5-;/m0./s1. The van der Waals surface area contributed by atoms with Gasteiger partial charge in [-0.1, -0.05) is 6.92 Å². The van der Waals surface area contributed by atoms with Gasteiger partial charge >= 0.3 is 0 Å². The zero-order valence-corrected chi connectivity index (χ0v) is 8.47. The Labute approximate surface area is 79.1 Å². The molecule has 0 rings (SSSR count). The van der Waals surface area contributed by atoms with Gasteiger partial charge in [0.05, 0.1) is 6.04 Å². The van der Waals surface area contributed by atoms with Crippen LogP contribution in [0.1, 0.15) is 6.92 Å². The second-order valence-electron chi connectivity index (χ2n) is 1.91. The van der Waals surface area contributed by atoms with Gasteiger partial charge in [-0.15, -0.1) is 12.4 Å². The number of hydrogen-bond acceptors (Lipinski definition) is 3. The summed E-state index contributed by atoms with van der Waals surface area (Å²) in [6.07, 6.45) is 0. The van der Waals surface area contributed by atoms with Crippen LogP contribution in [0.4, 0.5) is 0 Å². The highest BCUT2D eigenvalue weighted by atomic mass is 35.5. The average molecular weight is 199 g/mol. The fraction of sp³-hybridized carbons (Fsp3) is 0.833. The van der Waals surface area contributed by atoms with Gasteiger partial charge in [0.15, 0.2) is 0 Å². The first-order valence-corrected chi connectivity index (χ1v) is 3.95. The van der Waals surface area contributed by atoms with Gasteiger partial charge in [0, 0.05) is 12.8 Å². The van der Waals surface area contributed by atoms with E-state index in [4.69, 9.17) is 0 Å². The van der Waals surface area contributed by atoms with E-state index >= 15 is 0 Å². The van der Waals surface area contributed by atoms with Crippen LogP contribution < -0.4 is 10.6 Å². The van der Waals surface area contributed by atoms with E-state index in [9.17, 15) is 4.79 Å². The first-order valence-electron chi connectivity index (χ1n) is 3.32. The molecule has 0 aromatic carbocycles. The van der Waals surface area contributed by atoms with Crippen LogP contribution in [-0.2, 0) is 4.79 Å². The van der Waals surface area contributed by atoms with Gasteiger partial charge in [-0.2, -0.15) is 12.6 Å². The molecule has 0 saturated carbocycles. The summed E-state index contributed by atoms with van der Waals surface area (Å²) in [5.74, 6) is 0.532. The molecule has 5 heteroatoms. The van der Waals surface area contributed by atoms with Crippen LogP contribution in [0, 0.1) is 0 Å². The highest BCUT2D eigenvalue weighted by Crippen LogP contribution is 1.86. The third-order valence-electron chi connectivity index (χ3n) is 1.20. The van der Waals surface area contributed by atoms with E-state index in [2.05, 4.69) is 23.3 Å². The second kappa shape index (κ2) is 8.17. The number of halogens is 1. The molecule has 0 radical (unpaired) electrons. The Morgan fingerprint density at radius 3 is 2.45 bits per heavy atom. The normalized spacial score (nSPS) is 11.5. The fourth-order valence-electron chi connectivity index (χ4n) is 0.661. The lowest BCUT2D eigenvalue weighted by Gasteiger charge is -2.12. The van der Waals surface area contributed by atoms with E-state index < -0.39 is 0 Å². The molecule has 0 saturated heterocycles. The predicted octanol–water partition coefficient (Wildman–Crippen LogP) is 0.0621. The summed E-state index contributed by atoms with van der Waals surface area (Å²) in [5.41, 5.74) is 0. The van der Waals surface area contributed by atoms with Gasteiger partial charge in [-0.3, -0.25) is 4.79 Å². The van der Waals surface area contributed by atoms with Crippen molar-refractivity contribution < 1.29 is 4.79 Å². The summed E-state index contributed by atoms with van der Waals surface area (Å²) in [4.78, 5) is 10.9. The number of rotatable bonds is 4. The monoisotopic (exact) mass is 198 g/mol. The number of amides is 1. The molecule has 0 fully saturated rings. The number of likely N-dealkylation sites (N-methyl/N-ethyl adjacent to an activating group) is 2. The Bertz CT molecular complexity index is 113. The van der Waals surface area contributed by atoms with Crippen molar-refractivity contribution in [2.75, 3.05) is 19.3 Å². The molecule has 3 nitrogen and oxygen atoms in total. The molecule has 1 amide bonds. The van der Waals surface area contributed by atoms with E-state index in [1.165, 1.54) is 0 Å². The molecule has 0 aliphatic carbocycles. The second-order valence-corrected chi connectivity index (χ2v) is 2.27. The van der Waals surface area contributed by atoms with Gasteiger partial charge < -0.3 is 10.6 Å². The summed E-state index contributed by atoms with van der Waals surface area (Å²) in [6, 6.07) is -0.154. The number of nitrogens with one attached hydrogen (secondary N) is 2. The minimum absolute atomic E-state index is 0. The molecule has 2 N–H and O–H groups in total. The molecular weight excluding hydrogens is 184 g/mol. The molecule has 0 spiro atoms. The lowest BCUT2D eigenvalue weighted by Crippen LogP contribution is -2.44. The Morgan fingerprint density at radius 1 is 1.64 bits per heavy atom. The Balaban J connectivity index is 0. The molecule has 0 aromatic rings. The topological polar surface area (TPSA) is 41.1 Å². The first-order chi connectivity index (χ1) is 4.76.